The molecule has 2 rings (SSSR count). The minimum Gasteiger partial charge on any atom is -0.478 e. The minimum atomic E-state index is -1.18. The molecule has 20 heavy (non-hydrogen) atoms. The second-order valence-electron chi connectivity index (χ2n) is 4.93. The Hall–Kier alpha value is -2.15. The Morgan fingerprint density at radius 2 is 2.00 bits per heavy atom. The standard InChI is InChI=1S/C13H16N2O5/c1-8-6-14(7-9(2)20-8)11-4-3-10(13(16)17)5-12(11)15(18)19/h3-5,8-9H,6-7H2,1-2H3,(H,16,17)/t8-,9-/m0/s1. The summed E-state index contributed by atoms with van der Waals surface area (Å²) in [6, 6.07) is 3.98. The van der Waals surface area contributed by atoms with E-state index in [0.29, 0.717) is 18.8 Å². The Kier molecular flexibility index (Phi) is 3.89. The van der Waals surface area contributed by atoms with Crippen molar-refractivity contribution in [2.45, 2.75) is 26.1 Å². The highest BCUT2D eigenvalue weighted by Crippen LogP contribution is 2.31. The summed E-state index contributed by atoms with van der Waals surface area (Å²) in [5.41, 5.74) is 0.156. The number of hydrogen-bond acceptors (Lipinski definition) is 5. The van der Waals surface area contributed by atoms with Gasteiger partial charge in [0, 0.05) is 19.2 Å². The Morgan fingerprint density at radius 1 is 1.40 bits per heavy atom. The lowest BCUT2D eigenvalue weighted by Crippen LogP contribution is -2.45. The summed E-state index contributed by atoms with van der Waals surface area (Å²) in [5.74, 6) is -1.18. The zero-order valence-electron chi connectivity index (χ0n) is 11.3. The van der Waals surface area contributed by atoms with Gasteiger partial charge in [-0.2, -0.15) is 0 Å². The number of benzene rings is 1. The fraction of sp³-hybridized carbons (Fsp3) is 0.462. The van der Waals surface area contributed by atoms with E-state index in [2.05, 4.69) is 0 Å². The number of hydrogen-bond donors (Lipinski definition) is 1. The first kappa shape index (κ1) is 14.3. The molecule has 0 bridgehead atoms. The molecule has 0 unspecified atom stereocenters. The minimum absolute atomic E-state index is 0.0301. The SMILES string of the molecule is C[C@H]1CN(c2ccc(C(=O)O)cc2[N+](=O)[O-])C[C@H](C)O1. The molecule has 7 nitrogen and oxygen atoms in total. The van der Waals surface area contributed by atoms with Crippen LogP contribution in [-0.4, -0.2) is 41.3 Å². The van der Waals surface area contributed by atoms with Crippen LogP contribution < -0.4 is 4.90 Å². The van der Waals surface area contributed by atoms with Crippen LogP contribution in [0.1, 0.15) is 24.2 Å². The molecular weight excluding hydrogens is 264 g/mol. The van der Waals surface area contributed by atoms with Gasteiger partial charge in [0.2, 0.25) is 0 Å². The normalized spacial score (nSPS) is 22.6. The molecule has 1 fully saturated rings. The Labute approximate surface area is 115 Å². The number of morpholine rings is 1. The molecule has 0 saturated carbocycles. The number of carbonyl (C=O) groups is 1. The van der Waals surface area contributed by atoms with Gasteiger partial charge in [0.25, 0.3) is 5.69 Å². The van der Waals surface area contributed by atoms with Crippen molar-refractivity contribution in [2.75, 3.05) is 18.0 Å². The molecule has 1 N–H and O–H groups in total. The van der Waals surface area contributed by atoms with E-state index in [1.165, 1.54) is 12.1 Å². The molecule has 7 heteroatoms. The van der Waals surface area contributed by atoms with Crippen LogP contribution in [0.4, 0.5) is 11.4 Å². The maximum atomic E-state index is 11.2. The topological polar surface area (TPSA) is 92.9 Å². The smallest absolute Gasteiger partial charge is 0.335 e. The Bertz CT molecular complexity index is 536. The maximum Gasteiger partial charge on any atom is 0.335 e. The van der Waals surface area contributed by atoms with Crippen molar-refractivity contribution in [1.82, 2.24) is 0 Å². The number of rotatable bonds is 3. The van der Waals surface area contributed by atoms with Crippen LogP contribution in [0.5, 0.6) is 0 Å². The van der Waals surface area contributed by atoms with Crippen LogP contribution in [0.2, 0.25) is 0 Å². The molecule has 0 amide bonds. The van der Waals surface area contributed by atoms with E-state index < -0.39 is 10.9 Å². The highest BCUT2D eigenvalue weighted by atomic mass is 16.6. The Morgan fingerprint density at radius 3 is 2.50 bits per heavy atom. The van der Waals surface area contributed by atoms with E-state index >= 15 is 0 Å². The van der Waals surface area contributed by atoms with Gasteiger partial charge in [-0.15, -0.1) is 0 Å². The van der Waals surface area contributed by atoms with Crippen molar-refractivity contribution in [3.05, 3.63) is 33.9 Å². The van der Waals surface area contributed by atoms with Gasteiger partial charge >= 0.3 is 5.97 Å². The van der Waals surface area contributed by atoms with Gasteiger partial charge in [-0.25, -0.2) is 4.79 Å². The average Bonchev–Trinajstić information content (AvgIpc) is 2.36. The second kappa shape index (κ2) is 5.46. The van der Waals surface area contributed by atoms with E-state index in [0.717, 1.165) is 6.07 Å². The molecule has 1 aliphatic rings. The molecule has 1 aromatic rings. The fourth-order valence-corrected chi connectivity index (χ4v) is 2.44. The van der Waals surface area contributed by atoms with E-state index in [1.807, 2.05) is 18.7 Å². The first-order valence-electron chi connectivity index (χ1n) is 6.30. The van der Waals surface area contributed by atoms with Gasteiger partial charge in [-0.1, -0.05) is 0 Å². The summed E-state index contributed by atoms with van der Waals surface area (Å²) >= 11 is 0. The number of aromatic carboxylic acids is 1. The lowest BCUT2D eigenvalue weighted by Gasteiger charge is -2.36. The average molecular weight is 280 g/mol. The van der Waals surface area contributed by atoms with Gasteiger partial charge < -0.3 is 14.7 Å². The molecule has 0 aliphatic carbocycles. The van der Waals surface area contributed by atoms with E-state index in [-0.39, 0.29) is 23.5 Å². The highest BCUT2D eigenvalue weighted by molar-refractivity contribution is 5.89. The van der Waals surface area contributed by atoms with Crippen molar-refractivity contribution in [3.63, 3.8) is 0 Å². The van der Waals surface area contributed by atoms with Gasteiger partial charge in [-0.05, 0) is 26.0 Å². The maximum absolute atomic E-state index is 11.2. The molecule has 0 aromatic heterocycles. The van der Waals surface area contributed by atoms with Gasteiger partial charge in [0.05, 0.1) is 22.7 Å². The third kappa shape index (κ3) is 2.88. The van der Waals surface area contributed by atoms with Gasteiger partial charge in [0.1, 0.15) is 5.69 Å². The predicted molar refractivity (Wildman–Crippen MR) is 72.3 cm³/mol. The van der Waals surface area contributed by atoms with Crippen molar-refractivity contribution in [2.24, 2.45) is 0 Å². The largest absolute Gasteiger partial charge is 0.478 e. The second-order valence-corrected chi connectivity index (χ2v) is 4.93. The fourth-order valence-electron chi connectivity index (χ4n) is 2.44. The van der Waals surface area contributed by atoms with E-state index in [4.69, 9.17) is 9.84 Å². The number of nitrogens with zero attached hydrogens (tertiary/aromatic N) is 2. The quantitative estimate of drug-likeness (QED) is 0.671. The summed E-state index contributed by atoms with van der Waals surface area (Å²) in [6.45, 7) is 4.88. The molecule has 108 valence electrons. The molecule has 1 heterocycles. The van der Waals surface area contributed by atoms with Crippen molar-refractivity contribution < 1.29 is 19.6 Å². The number of carboxylic acids is 1. The summed E-state index contributed by atoms with van der Waals surface area (Å²) in [4.78, 5) is 23.4. The van der Waals surface area contributed by atoms with Crippen molar-refractivity contribution in [3.8, 4) is 0 Å². The number of nitro benzene ring substituents is 1. The molecule has 1 saturated heterocycles. The van der Waals surface area contributed by atoms with Crippen molar-refractivity contribution in [1.29, 1.82) is 0 Å². The number of nitro groups is 1. The Balaban J connectivity index is 2.40. The van der Waals surface area contributed by atoms with E-state index in [1.54, 1.807) is 0 Å². The third-order valence-corrected chi connectivity index (χ3v) is 3.18. The zero-order chi connectivity index (χ0) is 14.9. The van der Waals surface area contributed by atoms with Crippen LogP contribution in [0, 0.1) is 10.1 Å². The lowest BCUT2D eigenvalue weighted by molar-refractivity contribution is -0.384. The number of carboxylic acid groups (broad SMARTS) is 1. The van der Waals surface area contributed by atoms with Gasteiger partial charge in [0.15, 0.2) is 0 Å². The van der Waals surface area contributed by atoms with Crippen LogP contribution in [0.15, 0.2) is 18.2 Å². The number of anilines is 1. The summed E-state index contributed by atoms with van der Waals surface area (Å²) in [6.07, 6.45) is -0.0602. The van der Waals surface area contributed by atoms with Crippen LogP contribution >= 0.6 is 0 Å². The molecule has 0 spiro atoms. The number of ether oxygens (including phenoxy) is 1. The molecular formula is C13H16N2O5. The van der Waals surface area contributed by atoms with E-state index in [9.17, 15) is 14.9 Å². The molecule has 1 aromatic carbocycles. The van der Waals surface area contributed by atoms with Crippen LogP contribution in [0.25, 0.3) is 0 Å². The summed E-state index contributed by atoms with van der Waals surface area (Å²) in [5, 5.41) is 20.1. The first-order valence-corrected chi connectivity index (χ1v) is 6.30. The van der Waals surface area contributed by atoms with Crippen LogP contribution in [-0.2, 0) is 4.74 Å². The van der Waals surface area contributed by atoms with Crippen LogP contribution in [0.3, 0.4) is 0 Å². The van der Waals surface area contributed by atoms with Crippen molar-refractivity contribution >= 4 is 17.3 Å². The molecule has 2 atom stereocenters. The predicted octanol–water partition coefficient (Wildman–Crippen LogP) is 1.91. The first-order chi connectivity index (χ1) is 9.38. The molecule has 0 radical (unpaired) electrons. The highest BCUT2D eigenvalue weighted by Gasteiger charge is 2.28. The monoisotopic (exact) mass is 280 g/mol. The van der Waals surface area contributed by atoms with Gasteiger partial charge in [-0.3, -0.25) is 10.1 Å². The molecule has 1 aliphatic heterocycles. The zero-order valence-corrected chi connectivity index (χ0v) is 11.3. The third-order valence-electron chi connectivity index (χ3n) is 3.18. The summed E-state index contributed by atoms with van der Waals surface area (Å²) < 4.78 is 5.59. The summed E-state index contributed by atoms with van der Waals surface area (Å²) in [7, 11) is 0. The lowest BCUT2D eigenvalue weighted by atomic mass is 10.1.